The fraction of sp³-hybridized carbons (Fsp3) is 0.370. The Hall–Kier alpha value is -2.82. The molecule has 3 aromatic rings. The lowest BCUT2D eigenvalue weighted by molar-refractivity contribution is 0.0250. The largest absolute Gasteiger partial charge is 0.437 e. The predicted molar refractivity (Wildman–Crippen MR) is 133 cm³/mol. The second kappa shape index (κ2) is 11.5. The van der Waals surface area contributed by atoms with Crippen LogP contribution in [0.3, 0.4) is 0 Å². The van der Waals surface area contributed by atoms with Gasteiger partial charge in [-0.05, 0) is 49.9 Å². The minimum absolute atomic E-state index is 0.193. The molecular formula is C27H30ClN3O3. The van der Waals surface area contributed by atoms with Crippen LogP contribution in [0.4, 0.5) is 0 Å². The average molecular weight is 480 g/mol. The maximum absolute atomic E-state index is 10.5. The van der Waals surface area contributed by atoms with E-state index in [-0.39, 0.29) is 13.2 Å². The summed E-state index contributed by atoms with van der Waals surface area (Å²) in [6.45, 7) is 4.34. The Kier molecular flexibility index (Phi) is 8.25. The molecular weight excluding hydrogens is 450 g/mol. The molecule has 1 atom stereocenters. The van der Waals surface area contributed by atoms with Crippen LogP contribution in [0.15, 0.2) is 54.6 Å². The van der Waals surface area contributed by atoms with Gasteiger partial charge in [0.25, 0.3) is 0 Å². The van der Waals surface area contributed by atoms with Crippen LogP contribution in [0.5, 0.6) is 11.6 Å². The van der Waals surface area contributed by atoms with Crippen molar-refractivity contribution < 1.29 is 14.6 Å². The Balaban J connectivity index is 1.64. The van der Waals surface area contributed by atoms with Crippen molar-refractivity contribution >= 4 is 11.6 Å². The van der Waals surface area contributed by atoms with E-state index in [0.717, 1.165) is 23.5 Å². The molecule has 0 spiro atoms. The highest BCUT2D eigenvalue weighted by atomic mass is 35.5. The van der Waals surface area contributed by atoms with Gasteiger partial charge in [-0.1, -0.05) is 47.9 Å². The van der Waals surface area contributed by atoms with Crippen molar-refractivity contribution in [3.05, 3.63) is 70.9 Å². The van der Waals surface area contributed by atoms with Crippen LogP contribution < -0.4 is 4.74 Å². The molecule has 1 N–H and O–H groups in total. The SMILES string of the molecule is C#CCOCC(O)CN(Cc1c(C)nn(-c2ccccc2)c1Oc1ccccc1Cl)CC1CC1. The molecule has 1 fully saturated rings. The van der Waals surface area contributed by atoms with Gasteiger partial charge in [-0.25, -0.2) is 4.68 Å². The van der Waals surface area contributed by atoms with Gasteiger partial charge in [-0.2, -0.15) is 5.10 Å². The molecule has 1 aromatic heterocycles. The summed E-state index contributed by atoms with van der Waals surface area (Å²) < 4.78 is 13.5. The topological polar surface area (TPSA) is 59.8 Å². The van der Waals surface area contributed by atoms with Crippen molar-refractivity contribution in [1.82, 2.24) is 14.7 Å². The summed E-state index contributed by atoms with van der Waals surface area (Å²) in [7, 11) is 0. The zero-order valence-corrected chi connectivity index (χ0v) is 20.1. The number of hydrogen-bond donors (Lipinski definition) is 1. The minimum atomic E-state index is -0.635. The number of hydrogen-bond acceptors (Lipinski definition) is 5. The molecule has 2 aromatic carbocycles. The molecule has 0 amide bonds. The van der Waals surface area contributed by atoms with E-state index in [1.165, 1.54) is 12.8 Å². The first-order chi connectivity index (χ1) is 16.5. The Bertz CT molecular complexity index is 1120. The molecule has 34 heavy (non-hydrogen) atoms. The smallest absolute Gasteiger partial charge is 0.227 e. The third kappa shape index (κ3) is 6.40. The zero-order chi connectivity index (χ0) is 23.9. The number of aromatic nitrogens is 2. The molecule has 1 aliphatic rings. The Morgan fingerprint density at radius 2 is 1.94 bits per heavy atom. The molecule has 178 valence electrons. The van der Waals surface area contributed by atoms with Crippen molar-refractivity contribution in [2.24, 2.45) is 5.92 Å². The molecule has 1 heterocycles. The Morgan fingerprint density at radius 3 is 2.65 bits per heavy atom. The minimum Gasteiger partial charge on any atom is -0.437 e. The standard InChI is InChI=1S/C27H30ClN3O3/c1-3-15-33-19-23(32)17-30(16-21-13-14-21)18-24-20(2)29-31(22-9-5-4-6-10-22)27(24)34-26-12-8-7-11-25(26)28/h1,4-12,21,23,32H,13-19H2,2H3. The Labute approximate surface area is 206 Å². The summed E-state index contributed by atoms with van der Waals surface area (Å²) in [4.78, 5) is 2.25. The summed E-state index contributed by atoms with van der Waals surface area (Å²) in [5.74, 6) is 4.27. The molecule has 1 saturated carbocycles. The van der Waals surface area contributed by atoms with E-state index in [2.05, 4.69) is 10.8 Å². The highest BCUT2D eigenvalue weighted by Crippen LogP contribution is 2.36. The fourth-order valence-electron chi connectivity index (χ4n) is 3.90. The first-order valence-corrected chi connectivity index (χ1v) is 11.9. The third-order valence-corrected chi connectivity index (χ3v) is 6.05. The van der Waals surface area contributed by atoms with Crippen molar-refractivity contribution in [2.45, 2.75) is 32.4 Å². The van der Waals surface area contributed by atoms with E-state index in [4.69, 9.17) is 32.6 Å². The second-order valence-electron chi connectivity index (χ2n) is 8.66. The van der Waals surface area contributed by atoms with Crippen LogP contribution in [0.1, 0.15) is 24.1 Å². The molecule has 4 rings (SSSR count). The molecule has 1 aliphatic carbocycles. The highest BCUT2D eigenvalue weighted by molar-refractivity contribution is 6.32. The average Bonchev–Trinajstić information content (AvgIpc) is 3.60. The van der Waals surface area contributed by atoms with Gasteiger partial charge < -0.3 is 14.6 Å². The second-order valence-corrected chi connectivity index (χ2v) is 9.07. The van der Waals surface area contributed by atoms with Crippen LogP contribution in [-0.2, 0) is 11.3 Å². The van der Waals surface area contributed by atoms with Crippen molar-refractivity contribution in [1.29, 1.82) is 0 Å². The molecule has 0 saturated heterocycles. The lowest BCUT2D eigenvalue weighted by Crippen LogP contribution is -2.36. The number of benzene rings is 2. The van der Waals surface area contributed by atoms with Gasteiger partial charge in [0.05, 0.1) is 34.7 Å². The number of aliphatic hydroxyl groups excluding tert-OH is 1. The number of halogens is 1. The highest BCUT2D eigenvalue weighted by Gasteiger charge is 2.28. The number of nitrogens with zero attached hydrogens (tertiary/aromatic N) is 3. The lowest BCUT2D eigenvalue weighted by atomic mass is 10.2. The summed E-state index contributed by atoms with van der Waals surface area (Å²) in [6, 6.07) is 17.3. The van der Waals surface area contributed by atoms with Crippen LogP contribution >= 0.6 is 11.6 Å². The van der Waals surface area contributed by atoms with E-state index in [0.29, 0.717) is 35.7 Å². The van der Waals surface area contributed by atoms with E-state index in [9.17, 15) is 5.11 Å². The predicted octanol–water partition coefficient (Wildman–Crippen LogP) is 4.85. The molecule has 6 nitrogen and oxygen atoms in total. The van der Waals surface area contributed by atoms with Crippen LogP contribution in [0, 0.1) is 25.2 Å². The van der Waals surface area contributed by atoms with Crippen molar-refractivity contribution in [3.8, 4) is 29.7 Å². The summed E-state index contributed by atoms with van der Waals surface area (Å²) in [5.41, 5.74) is 2.72. The van der Waals surface area contributed by atoms with Gasteiger partial charge in [0.2, 0.25) is 5.88 Å². The normalized spacial score (nSPS) is 14.2. The lowest BCUT2D eigenvalue weighted by Gasteiger charge is -2.25. The Morgan fingerprint density at radius 1 is 1.21 bits per heavy atom. The van der Waals surface area contributed by atoms with Crippen LogP contribution in [0.25, 0.3) is 5.69 Å². The number of aryl methyl sites for hydroxylation is 1. The third-order valence-electron chi connectivity index (χ3n) is 5.74. The van der Waals surface area contributed by atoms with E-state index in [1.807, 2.05) is 60.1 Å². The monoisotopic (exact) mass is 479 g/mol. The summed E-state index contributed by atoms with van der Waals surface area (Å²) in [6.07, 6.45) is 7.04. The number of aliphatic hydroxyl groups is 1. The molecule has 0 aliphatic heterocycles. The quantitative estimate of drug-likeness (QED) is 0.297. The van der Waals surface area contributed by atoms with Crippen LogP contribution in [0.2, 0.25) is 5.02 Å². The van der Waals surface area contributed by atoms with E-state index < -0.39 is 6.10 Å². The number of ether oxygens (including phenoxy) is 2. The van der Waals surface area contributed by atoms with E-state index >= 15 is 0 Å². The molecule has 0 radical (unpaired) electrons. The van der Waals surface area contributed by atoms with Crippen molar-refractivity contribution in [2.75, 3.05) is 26.3 Å². The summed E-state index contributed by atoms with van der Waals surface area (Å²) >= 11 is 6.42. The van der Waals surface area contributed by atoms with Gasteiger partial charge in [-0.15, -0.1) is 6.42 Å². The first kappa shape index (κ1) is 24.3. The summed E-state index contributed by atoms with van der Waals surface area (Å²) in [5, 5.41) is 15.9. The van der Waals surface area contributed by atoms with E-state index in [1.54, 1.807) is 6.07 Å². The van der Waals surface area contributed by atoms with Crippen LogP contribution in [-0.4, -0.2) is 52.2 Å². The fourth-order valence-corrected chi connectivity index (χ4v) is 4.07. The van der Waals surface area contributed by atoms with Gasteiger partial charge >= 0.3 is 0 Å². The van der Waals surface area contributed by atoms with Gasteiger partial charge in [0, 0.05) is 19.6 Å². The van der Waals surface area contributed by atoms with Gasteiger partial charge in [0.1, 0.15) is 12.4 Å². The molecule has 7 heteroatoms. The zero-order valence-electron chi connectivity index (χ0n) is 19.4. The van der Waals surface area contributed by atoms with Crippen molar-refractivity contribution in [3.63, 3.8) is 0 Å². The molecule has 1 unspecified atom stereocenters. The maximum atomic E-state index is 10.5. The number of rotatable bonds is 12. The number of para-hydroxylation sites is 2. The van der Waals surface area contributed by atoms with Gasteiger partial charge in [-0.3, -0.25) is 4.90 Å². The molecule has 0 bridgehead atoms. The number of terminal acetylenes is 1. The first-order valence-electron chi connectivity index (χ1n) is 11.5. The van der Waals surface area contributed by atoms with Gasteiger partial charge in [0.15, 0.2) is 0 Å². The maximum Gasteiger partial charge on any atom is 0.227 e.